The van der Waals surface area contributed by atoms with Crippen molar-refractivity contribution in [3.63, 3.8) is 0 Å². The SMILES string of the molecule is COc1ccc2c(c1)C(NC1CCC(=O)N(C)C1)CCO2. The third-order valence-corrected chi connectivity index (χ3v) is 4.32. The van der Waals surface area contributed by atoms with E-state index < -0.39 is 0 Å². The zero-order chi connectivity index (χ0) is 14.8. The number of likely N-dealkylation sites (N-methyl/N-ethyl adjacent to an activating group) is 1. The Bertz CT molecular complexity index is 532. The van der Waals surface area contributed by atoms with E-state index in [0.29, 0.717) is 12.5 Å². The molecule has 1 aromatic rings. The molecular formula is C16H22N2O3. The summed E-state index contributed by atoms with van der Waals surface area (Å²) in [6.07, 6.45) is 2.47. The van der Waals surface area contributed by atoms with Crippen LogP contribution in [0.4, 0.5) is 0 Å². The first kappa shape index (κ1) is 14.2. The van der Waals surface area contributed by atoms with Crippen molar-refractivity contribution in [2.24, 2.45) is 0 Å². The van der Waals surface area contributed by atoms with E-state index in [1.165, 1.54) is 0 Å². The van der Waals surface area contributed by atoms with Gasteiger partial charge in [-0.1, -0.05) is 0 Å². The van der Waals surface area contributed by atoms with Crippen LogP contribution in [0.2, 0.25) is 0 Å². The van der Waals surface area contributed by atoms with Crippen LogP contribution < -0.4 is 14.8 Å². The van der Waals surface area contributed by atoms with Crippen molar-refractivity contribution in [3.05, 3.63) is 23.8 Å². The van der Waals surface area contributed by atoms with E-state index in [-0.39, 0.29) is 11.9 Å². The molecule has 3 rings (SSSR count). The number of nitrogens with one attached hydrogen (secondary N) is 1. The lowest BCUT2D eigenvalue weighted by atomic mass is 9.97. The third-order valence-electron chi connectivity index (χ3n) is 4.32. The minimum Gasteiger partial charge on any atom is -0.497 e. The highest BCUT2D eigenvalue weighted by atomic mass is 16.5. The quantitative estimate of drug-likeness (QED) is 0.921. The van der Waals surface area contributed by atoms with Crippen molar-refractivity contribution < 1.29 is 14.3 Å². The van der Waals surface area contributed by atoms with Gasteiger partial charge in [-0.25, -0.2) is 0 Å². The Morgan fingerprint density at radius 1 is 1.38 bits per heavy atom. The molecule has 2 aliphatic rings. The van der Waals surface area contributed by atoms with Crippen LogP contribution in [0, 0.1) is 0 Å². The summed E-state index contributed by atoms with van der Waals surface area (Å²) in [5.74, 6) is 2.02. The smallest absolute Gasteiger partial charge is 0.222 e. The molecule has 2 aliphatic heterocycles. The van der Waals surface area contributed by atoms with Gasteiger partial charge in [-0.3, -0.25) is 4.79 Å². The molecule has 2 heterocycles. The zero-order valence-corrected chi connectivity index (χ0v) is 12.6. The Balaban J connectivity index is 1.74. The Labute approximate surface area is 125 Å². The van der Waals surface area contributed by atoms with Gasteiger partial charge in [0.15, 0.2) is 0 Å². The van der Waals surface area contributed by atoms with E-state index in [1.54, 1.807) is 7.11 Å². The Kier molecular flexibility index (Phi) is 4.01. The maximum Gasteiger partial charge on any atom is 0.222 e. The number of amides is 1. The molecule has 114 valence electrons. The number of carbonyl (C=O) groups is 1. The first-order valence-corrected chi connectivity index (χ1v) is 7.48. The second-order valence-corrected chi connectivity index (χ2v) is 5.77. The van der Waals surface area contributed by atoms with Crippen molar-refractivity contribution in [2.75, 3.05) is 27.3 Å². The molecule has 0 radical (unpaired) electrons. The highest BCUT2D eigenvalue weighted by Gasteiger charge is 2.28. The summed E-state index contributed by atoms with van der Waals surface area (Å²) >= 11 is 0. The fourth-order valence-electron chi connectivity index (χ4n) is 3.11. The van der Waals surface area contributed by atoms with Crippen molar-refractivity contribution in [1.82, 2.24) is 10.2 Å². The lowest BCUT2D eigenvalue weighted by Crippen LogP contribution is -2.48. The molecule has 2 atom stereocenters. The normalized spacial score (nSPS) is 25.2. The van der Waals surface area contributed by atoms with Gasteiger partial charge in [-0.15, -0.1) is 0 Å². The molecule has 1 N–H and O–H groups in total. The Morgan fingerprint density at radius 2 is 2.24 bits per heavy atom. The van der Waals surface area contributed by atoms with Crippen LogP contribution in [0.15, 0.2) is 18.2 Å². The summed E-state index contributed by atoms with van der Waals surface area (Å²) in [5.41, 5.74) is 1.15. The lowest BCUT2D eigenvalue weighted by molar-refractivity contribution is -0.132. The second kappa shape index (κ2) is 5.93. The van der Waals surface area contributed by atoms with E-state index in [2.05, 4.69) is 5.32 Å². The summed E-state index contributed by atoms with van der Waals surface area (Å²) in [4.78, 5) is 13.4. The fraction of sp³-hybridized carbons (Fsp3) is 0.562. The van der Waals surface area contributed by atoms with Gasteiger partial charge in [0, 0.05) is 44.1 Å². The molecule has 0 saturated carbocycles. The minimum atomic E-state index is 0.238. The van der Waals surface area contributed by atoms with E-state index in [0.717, 1.165) is 43.1 Å². The largest absolute Gasteiger partial charge is 0.497 e. The van der Waals surface area contributed by atoms with Gasteiger partial charge in [0.1, 0.15) is 11.5 Å². The van der Waals surface area contributed by atoms with Crippen molar-refractivity contribution >= 4 is 5.91 Å². The maximum atomic E-state index is 11.6. The maximum absolute atomic E-state index is 11.6. The van der Waals surface area contributed by atoms with Crippen LogP contribution in [0.1, 0.15) is 30.9 Å². The van der Waals surface area contributed by atoms with Gasteiger partial charge in [0.25, 0.3) is 0 Å². The molecule has 1 amide bonds. The molecule has 0 aliphatic carbocycles. The Morgan fingerprint density at radius 3 is 3.00 bits per heavy atom. The summed E-state index contributed by atoms with van der Waals surface area (Å²) in [7, 11) is 3.55. The van der Waals surface area contributed by atoms with Crippen molar-refractivity contribution in [1.29, 1.82) is 0 Å². The number of benzene rings is 1. The minimum absolute atomic E-state index is 0.238. The van der Waals surface area contributed by atoms with Gasteiger partial charge < -0.3 is 19.7 Å². The topological polar surface area (TPSA) is 50.8 Å². The van der Waals surface area contributed by atoms with Gasteiger partial charge in [0.2, 0.25) is 5.91 Å². The molecule has 0 bridgehead atoms. The molecule has 0 aromatic heterocycles. The summed E-state index contributed by atoms with van der Waals surface area (Å²) in [6.45, 7) is 1.49. The molecule has 2 unspecified atom stereocenters. The Hall–Kier alpha value is -1.75. The first-order valence-electron chi connectivity index (χ1n) is 7.48. The van der Waals surface area contributed by atoms with Crippen LogP contribution in [0.25, 0.3) is 0 Å². The molecule has 1 saturated heterocycles. The van der Waals surface area contributed by atoms with Crippen LogP contribution >= 0.6 is 0 Å². The highest BCUT2D eigenvalue weighted by molar-refractivity contribution is 5.76. The van der Waals surface area contributed by atoms with Crippen molar-refractivity contribution in [2.45, 2.75) is 31.3 Å². The molecule has 21 heavy (non-hydrogen) atoms. The number of likely N-dealkylation sites (tertiary alicyclic amines) is 1. The predicted octanol–water partition coefficient (Wildman–Crippen LogP) is 1.73. The summed E-state index contributed by atoms with van der Waals surface area (Å²) in [6, 6.07) is 6.54. The number of nitrogens with zero attached hydrogens (tertiary/aromatic N) is 1. The van der Waals surface area contributed by atoms with Crippen LogP contribution in [-0.4, -0.2) is 44.2 Å². The zero-order valence-electron chi connectivity index (χ0n) is 12.6. The molecule has 5 heteroatoms. The lowest BCUT2D eigenvalue weighted by Gasteiger charge is -2.35. The number of piperidine rings is 1. The number of hydrogen-bond donors (Lipinski definition) is 1. The van der Waals surface area contributed by atoms with Crippen LogP contribution in [0.5, 0.6) is 11.5 Å². The fourth-order valence-corrected chi connectivity index (χ4v) is 3.11. The number of methoxy groups -OCH3 is 1. The first-order chi connectivity index (χ1) is 10.2. The number of fused-ring (bicyclic) bond motifs is 1. The average molecular weight is 290 g/mol. The van der Waals surface area contributed by atoms with Crippen molar-refractivity contribution in [3.8, 4) is 11.5 Å². The molecule has 1 aromatic carbocycles. The van der Waals surface area contributed by atoms with Gasteiger partial charge >= 0.3 is 0 Å². The molecule has 5 nitrogen and oxygen atoms in total. The summed E-state index contributed by atoms with van der Waals surface area (Å²) in [5, 5.41) is 3.69. The van der Waals surface area contributed by atoms with E-state index in [4.69, 9.17) is 9.47 Å². The van der Waals surface area contributed by atoms with E-state index in [9.17, 15) is 4.79 Å². The van der Waals surface area contributed by atoms with Crippen LogP contribution in [-0.2, 0) is 4.79 Å². The number of hydrogen-bond acceptors (Lipinski definition) is 4. The second-order valence-electron chi connectivity index (χ2n) is 5.77. The number of carbonyl (C=O) groups excluding carboxylic acids is 1. The standard InChI is InChI=1S/C16H22N2O3/c1-18-10-11(3-6-16(18)19)17-14-7-8-21-15-5-4-12(20-2)9-13(14)15/h4-5,9,11,14,17H,3,6-8,10H2,1-2H3. The third kappa shape index (κ3) is 2.97. The summed E-state index contributed by atoms with van der Waals surface area (Å²) < 4.78 is 11.0. The van der Waals surface area contributed by atoms with E-state index in [1.807, 2.05) is 30.1 Å². The van der Waals surface area contributed by atoms with Gasteiger partial charge in [0.05, 0.1) is 13.7 Å². The molecule has 0 spiro atoms. The van der Waals surface area contributed by atoms with E-state index >= 15 is 0 Å². The van der Waals surface area contributed by atoms with Crippen LogP contribution in [0.3, 0.4) is 0 Å². The average Bonchev–Trinajstić information content (AvgIpc) is 2.51. The molecular weight excluding hydrogens is 268 g/mol. The monoisotopic (exact) mass is 290 g/mol. The molecule has 1 fully saturated rings. The predicted molar refractivity (Wildman–Crippen MR) is 79.6 cm³/mol. The highest BCUT2D eigenvalue weighted by Crippen LogP contribution is 2.35. The van der Waals surface area contributed by atoms with Gasteiger partial charge in [-0.2, -0.15) is 0 Å². The number of rotatable bonds is 3. The van der Waals surface area contributed by atoms with Gasteiger partial charge in [-0.05, 0) is 24.6 Å². The number of ether oxygens (including phenoxy) is 2.